The highest BCUT2D eigenvalue weighted by Crippen LogP contribution is 2.12. The molecule has 6 heteroatoms. The zero-order valence-corrected chi connectivity index (χ0v) is 10.5. The van der Waals surface area contributed by atoms with Crippen molar-refractivity contribution in [2.24, 2.45) is 0 Å². The molecule has 2 rings (SSSR count). The third-order valence-electron chi connectivity index (χ3n) is 2.76. The zero-order valence-electron chi connectivity index (χ0n) is 10.5. The molecule has 0 aliphatic rings. The molecule has 0 radical (unpaired) electrons. The van der Waals surface area contributed by atoms with Crippen molar-refractivity contribution >= 4 is 5.91 Å². The van der Waals surface area contributed by atoms with E-state index >= 15 is 0 Å². The van der Waals surface area contributed by atoms with E-state index in [1.54, 1.807) is 12.4 Å². The van der Waals surface area contributed by atoms with E-state index in [0.717, 1.165) is 17.1 Å². The second-order valence-electron chi connectivity index (χ2n) is 4.12. The standard InChI is InChI=1S/C12H16N4O2/c1-8-10(9(2)18-16-8)7-12(17)15-4-3-11-13-5-6-14-11/h5-6H,3-4,7H2,1-2H3,(H,13,14)(H,15,17). The molecule has 2 heterocycles. The number of hydrogen-bond acceptors (Lipinski definition) is 4. The van der Waals surface area contributed by atoms with Crippen LogP contribution in [0.25, 0.3) is 0 Å². The van der Waals surface area contributed by atoms with E-state index in [1.807, 2.05) is 13.8 Å². The number of nitrogens with one attached hydrogen (secondary N) is 2. The maximum atomic E-state index is 11.7. The smallest absolute Gasteiger partial charge is 0.224 e. The molecule has 0 aromatic carbocycles. The van der Waals surface area contributed by atoms with Gasteiger partial charge in [-0.3, -0.25) is 4.79 Å². The molecule has 0 aliphatic carbocycles. The summed E-state index contributed by atoms with van der Waals surface area (Å²) < 4.78 is 5.01. The minimum absolute atomic E-state index is 0.0315. The number of carbonyl (C=O) groups is 1. The van der Waals surface area contributed by atoms with E-state index in [4.69, 9.17) is 4.52 Å². The maximum absolute atomic E-state index is 11.7. The van der Waals surface area contributed by atoms with Crippen LogP contribution < -0.4 is 5.32 Å². The predicted molar refractivity (Wildman–Crippen MR) is 65.0 cm³/mol. The number of hydrogen-bond donors (Lipinski definition) is 2. The Labute approximate surface area is 105 Å². The van der Waals surface area contributed by atoms with Crippen LogP contribution >= 0.6 is 0 Å². The van der Waals surface area contributed by atoms with E-state index in [-0.39, 0.29) is 5.91 Å². The van der Waals surface area contributed by atoms with Crippen molar-refractivity contribution < 1.29 is 9.32 Å². The third-order valence-corrected chi connectivity index (χ3v) is 2.76. The lowest BCUT2D eigenvalue weighted by Crippen LogP contribution is -2.27. The molecular weight excluding hydrogens is 232 g/mol. The normalized spacial score (nSPS) is 10.6. The second-order valence-corrected chi connectivity index (χ2v) is 4.12. The van der Waals surface area contributed by atoms with Crippen LogP contribution in [0.4, 0.5) is 0 Å². The second kappa shape index (κ2) is 5.48. The van der Waals surface area contributed by atoms with Crippen LogP contribution in [0.1, 0.15) is 22.8 Å². The van der Waals surface area contributed by atoms with Gasteiger partial charge in [0.25, 0.3) is 0 Å². The van der Waals surface area contributed by atoms with Crippen molar-refractivity contribution in [2.75, 3.05) is 6.54 Å². The van der Waals surface area contributed by atoms with Gasteiger partial charge in [0, 0.05) is 30.9 Å². The summed E-state index contributed by atoms with van der Waals surface area (Å²) in [4.78, 5) is 18.8. The molecule has 2 aromatic rings. The first-order valence-electron chi connectivity index (χ1n) is 5.83. The molecule has 0 atom stereocenters. The highest BCUT2D eigenvalue weighted by atomic mass is 16.5. The minimum Gasteiger partial charge on any atom is -0.361 e. The number of nitrogens with zero attached hydrogens (tertiary/aromatic N) is 2. The Balaban J connectivity index is 1.79. The summed E-state index contributed by atoms with van der Waals surface area (Å²) in [7, 11) is 0. The van der Waals surface area contributed by atoms with Gasteiger partial charge in [0.05, 0.1) is 12.1 Å². The molecule has 0 unspecified atom stereocenters. The largest absolute Gasteiger partial charge is 0.361 e. The fourth-order valence-electron chi connectivity index (χ4n) is 1.73. The topological polar surface area (TPSA) is 83.8 Å². The Morgan fingerprint density at radius 2 is 2.33 bits per heavy atom. The van der Waals surface area contributed by atoms with Gasteiger partial charge in [-0.15, -0.1) is 0 Å². The van der Waals surface area contributed by atoms with Crippen LogP contribution in [0.15, 0.2) is 16.9 Å². The first kappa shape index (κ1) is 12.3. The van der Waals surface area contributed by atoms with Gasteiger partial charge in [0.2, 0.25) is 5.91 Å². The van der Waals surface area contributed by atoms with E-state index in [9.17, 15) is 4.79 Å². The molecule has 96 valence electrons. The van der Waals surface area contributed by atoms with Gasteiger partial charge in [0.15, 0.2) is 0 Å². The molecule has 6 nitrogen and oxygen atoms in total. The number of imidazole rings is 1. The monoisotopic (exact) mass is 248 g/mol. The number of amides is 1. The first-order chi connectivity index (χ1) is 8.66. The summed E-state index contributed by atoms with van der Waals surface area (Å²) >= 11 is 0. The average molecular weight is 248 g/mol. The van der Waals surface area contributed by atoms with Crippen molar-refractivity contribution in [3.63, 3.8) is 0 Å². The lowest BCUT2D eigenvalue weighted by atomic mass is 10.1. The third kappa shape index (κ3) is 2.97. The summed E-state index contributed by atoms with van der Waals surface area (Å²) in [5.74, 6) is 1.54. The quantitative estimate of drug-likeness (QED) is 0.824. The van der Waals surface area contributed by atoms with Crippen molar-refractivity contribution in [1.82, 2.24) is 20.4 Å². The number of H-pyrrole nitrogens is 1. The van der Waals surface area contributed by atoms with Gasteiger partial charge < -0.3 is 14.8 Å². The van der Waals surface area contributed by atoms with Gasteiger partial charge in [-0.05, 0) is 13.8 Å². The lowest BCUT2D eigenvalue weighted by molar-refractivity contribution is -0.120. The molecule has 2 aromatic heterocycles. The molecule has 0 fully saturated rings. The molecule has 0 aliphatic heterocycles. The summed E-state index contributed by atoms with van der Waals surface area (Å²) in [6.07, 6.45) is 4.46. The zero-order chi connectivity index (χ0) is 13.0. The number of carbonyl (C=O) groups excluding carboxylic acids is 1. The van der Waals surface area contributed by atoms with Gasteiger partial charge in [-0.25, -0.2) is 4.98 Å². The van der Waals surface area contributed by atoms with Crippen LogP contribution in [0.3, 0.4) is 0 Å². The molecule has 0 saturated carbocycles. The highest BCUT2D eigenvalue weighted by molar-refractivity contribution is 5.78. The molecule has 0 saturated heterocycles. The van der Waals surface area contributed by atoms with Gasteiger partial charge in [0.1, 0.15) is 11.6 Å². The Bertz CT molecular complexity index is 497. The van der Waals surface area contributed by atoms with E-state index < -0.39 is 0 Å². The first-order valence-corrected chi connectivity index (χ1v) is 5.83. The predicted octanol–water partition coefficient (Wildman–Crippen LogP) is 0.916. The maximum Gasteiger partial charge on any atom is 0.224 e. The van der Waals surface area contributed by atoms with Gasteiger partial charge >= 0.3 is 0 Å². The molecule has 2 N–H and O–H groups in total. The number of aromatic nitrogens is 3. The Kier molecular flexibility index (Phi) is 3.76. The Morgan fingerprint density at radius 1 is 1.50 bits per heavy atom. The Morgan fingerprint density at radius 3 is 2.94 bits per heavy atom. The summed E-state index contributed by atoms with van der Waals surface area (Å²) in [5, 5.41) is 6.67. The molecular formula is C12H16N4O2. The molecule has 0 spiro atoms. The fraction of sp³-hybridized carbons (Fsp3) is 0.417. The SMILES string of the molecule is Cc1noc(C)c1CC(=O)NCCc1ncc[nH]1. The van der Waals surface area contributed by atoms with E-state index in [0.29, 0.717) is 25.1 Å². The van der Waals surface area contributed by atoms with E-state index in [1.165, 1.54) is 0 Å². The van der Waals surface area contributed by atoms with Crippen molar-refractivity contribution in [3.05, 3.63) is 35.2 Å². The fourth-order valence-corrected chi connectivity index (χ4v) is 1.73. The Hall–Kier alpha value is -2.11. The van der Waals surface area contributed by atoms with E-state index in [2.05, 4.69) is 20.4 Å². The van der Waals surface area contributed by atoms with Crippen LogP contribution in [0, 0.1) is 13.8 Å². The van der Waals surface area contributed by atoms with Crippen LogP contribution in [0.5, 0.6) is 0 Å². The van der Waals surface area contributed by atoms with Crippen molar-refractivity contribution in [3.8, 4) is 0 Å². The highest BCUT2D eigenvalue weighted by Gasteiger charge is 2.12. The molecule has 18 heavy (non-hydrogen) atoms. The van der Waals surface area contributed by atoms with Crippen LogP contribution in [0.2, 0.25) is 0 Å². The number of rotatable bonds is 5. The summed E-state index contributed by atoms with van der Waals surface area (Å²) in [6, 6.07) is 0. The average Bonchev–Trinajstić information content (AvgIpc) is 2.94. The lowest BCUT2D eigenvalue weighted by Gasteiger charge is -2.03. The van der Waals surface area contributed by atoms with Crippen molar-refractivity contribution in [2.45, 2.75) is 26.7 Å². The van der Waals surface area contributed by atoms with Gasteiger partial charge in [-0.2, -0.15) is 0 Å². The van der Waals surface area contributed by atoms with Gasteiger partial charge in [-0.1, -0.05) is 5.16 Å². The van der Waals surface area contributed by atoms with Crippen LogP contribution in [-0.2, 0) is 17.6 Å². The number of aromatic amines is 1. The summed E-state index contributed by atoms with van der Waals surface area (Å²) in [6.45, 7) is 4.21. The number of aryl methyl sites for hydroxylation is 2. The molecule has 0 bridgehead atoms. The summed E-state index contributed by atoms with van der Waals surface area (Å²) in [5.41, 5.74) is 1.64. The van der Waals surface area contributed by atoms with Crippen LogP contribution in [-0.4, -0.2) is 27.6 Å². The molecule has 1 amide bonds. The minimum atomic E-state index is -0.0315. The van der Waals surface area contributed by atoms with Crippen molar-refractivity contribution in [1.29, 1.82) is 0 Å².